The molecule has 0 atom stereocenters. The fraction of sp³-hybridized carbons (Fsp3) is 0.118. The predicted octanol–water partition coefficient (Wildman–Crippen LogP) is 4.60. The number of nitrogens with zero attached hydrogens (tertiary/aromatic N) is 1. The number of aryl methyl sites for hydroxylation is 1. The lowest BCUT2D eigenvalue weighted by atomic mass is 10.0. The number of hydrogen-bond acceptors (Lipinski definition) is 3. The predicted molar refractivity (Wildman–Crippen MR) is 83.0 cm³/mol. The summed E-state index contributed by atoms with van der Waals surface area (Å²) in [6.45, 7) is 1.68. The van der Waals surface area contributed by atoms with E-state index in [2.05, 4.69) is 5.16 Å². The van der Waals surface area contributed by atoms with Crippen LogP contribution < -0.4 is 0 Å². The molecule has 0 bridgehead atoms. The van der Waals surface area contributed by atoms with Crippen LogP contribution in [0.2, 0.25) is 5.02 Å². The van der Waals surface area contributed by atoms with Crippen molar-refractivity contribution < 1.29 is 14.0 Å². The molecule has 0 unspecified atom stereocenters. The average Bonchev–Trinajstić information content (AvgIpc) is 2.93. The number of benzene rings is 2. The van der Waals surface area contributed by atoms with Gasteiger partial charge in [-0.15, -0.1) is 0 Å². The molecule has 1 aromatic heterocycles. The molecular weight excluding hydrogens is 305 g/mol. The summed E-state index contributed by atoms with van der Waals surface area (Å²) in [5.41, 5.74) is 3.09. The van der Waals surface area contributed by atoms with E-state index < -0.39 is 5.82 Å². The minimum absolute atomic E-state index is 0.283. The molecule has 112 valence electrons. The van der Waals surface area contributed by atoms with E-state index in [0.29, 0.717) is 27.6 Å². The molecular formula is C17H13ClFNO2. The van der Waals surface area contributed by atoms with Crippen molar-refractivity contribution in [3.05, 3.63) is 64.4 Å². The highest BCUT2D eigenvalue weighted by molar-refractivity contribution is 6.33. The van der Waals surface area contributed by atoms with Crippen molar-refractivity contribution in [3.8, 4) is 22.6 Å². The zero-order valence-electron chi connectivity index (χ0n) is 11.8. The number of aromatic nitrogens is 1. The van der Waals surface area contributed by atoms with E-state index in [9.17, 15) is 9.50 Å². The summed E-state index contributed by atoms with van der Waals surface area (Å²) in [4.78, 5) is 0. The number of aliphatic hydroxyl groups is 1. The van der Waals surface area contributed by atoms with E-state index >= 15 is 0 Å². The van der Waals surface area contributed by atoms with E-state index in [-0.39, 0.29) is 6.61 Å². The van der Waals surface area contributed by atoms with Crippen molar-refractivity contribution in [1.29, 1.82) is 0 Å². The molecule has 0 spiro atoms. The first-order chi connectivity index (χ1) is 10.6. The summed E-state index contributed by atoms with van der Waals surface area (Å²) in [6.07, 6.45) is 0. The molecule has 3 rings (SSSR count). The van der Waals surface area contributed by atoms with E-state index in [4.69, 9.17) is 16.1 Å². The van der Waals surface area contributed by atoms with Crippen LogP contribution in [-0.2, 0) is 6.61 Å². The van der Waals surface area contributed by atoms with Gasteiger partial charge in [-0.05, 0) is 31.2 Å². The third-order valence-corrected chi connectivity index (χ3v) is 3.74. The molecule has 5 heteroatoms. The zero-order chi connectivity index (χ0) is 15.7. The third kappa shape index (κ3) is 2.63. The van der Waals surface area contributed by atoms with Crippen LogP contribution in [0.4, 0.5) is 4.39 Å². The lowest BCUT2D eigenvalue weighted by Gasteiger charge is -2.04. The minimum atomic E-state index is -0.427. The molecule has 0 fully saturated rings. The van der Waals surface area contributed by atoms with Gasteiger partial charge in [0, 0.05) is 11.1 Å². The van der Waals surface area contributed by atoms with Gasteiger partial charge in [0.25, 0.3) is 0 Å². The highest BCUT2D eigenvalue weighted by Gasteiger charge is 2.20. The molecule has 0 saturated carbocycles. The second-order valence-corrected chi connectivity index (χ2v) is 5.40. The van der Waals surface area contributed by atoms with Crippen molar-refractivity contribution in [2.75, 3.05) is 0 Å². The van der Waals surface area contributed by atoms with Gasteiger partial charge in [0.1, 0.15) is 11.5 Å². The van der Waals surface area contributed by atoms with E-state index in [1.54, 1.807) is 0 Å². The van der Waals surface area contributed by atoms with E-state index in [0.717, 1.165) is 11.1 Å². The summed E-state index contributed by atoms with van der Waals surface area (Å²) in [6, 6.07) is 11.6. The Morgan fingerprint density at radius 2 is 2.05 bits per heavy atom. The van der Waals surface area contributed by atoms with Crippen molar-refractivity contribution in [2.24, 2.45) is 0 Å². The van der Waals surface area contributed by atoms with Gasteiger partial charge in [-0.3, -0.25) is 0 Å². The molecule has 0 amide bonds. The second-order valence-electron chi connectivity index (χ2n) is 4.99. The van der Waals surface area contributed by atoms with Gasteiger partial charge in [-0.1, -0.05) is 40.5 Å². The molecule has 0 aliphatic heterocycles. The van der Waals surface area contributed by atoms with Gasteiger partial charge in [0.2, 0.25) is 0 Å². The van der Waals surface area contributed by atoms with Crippen LogP contribution in [0.5, 0.6) is 0 Å². The van der Waals surface area contributed by atoms with Gasteiger partial charge < -0.3 is 9.63 Å². The minimum Gasteiger partial charge on any atom is -0.391 e. The SMILES string of the molecule is Cc1cccc(-c2onc(-c3cc(F)ccc3Cl)c2CO)c1. The normalized spacial score (nSPS) is 10.9. The number of halogens is 2. The Morgan fingerprint density at radius 1 is 1.23 bits per heavy atom. The number of hydrogen-bond donors (Lipinski definition) is 1. The van der Waals surface area contributed by atoms with Crippen molar-refractivity contribution in [3.63, 3.8) is 0 Å². The van der Waals surface area contributed by atoms with Crippen LogP contribution >= 0.6 is 11.6 Å². The first kappa shape index (κ1) is 14.8. The Kier molecular flexibility index (Phi) is 3.96. The number of rotatable bonds is 3. The summed E-state index contributed by atoms with van der Waals surface area (Å²) in [5, 5.41) is 14.0. The molecule has 22 heavy (non-hydrogen) atoms. The molecule has 0 aliphatic carbocycles. The van der Waals surface area contributed by atoms with Crippen LogP contribution in [0.15, 0.2) is 47.0 Å². The molecule has 0 radical (unpaired) electrons. The first-order valence-electron chi connectivity index (χ1n) is 6.72. The maximum Gasteiger partial charge on any atom is 0.173 e. The third-order valence-electron chi connectivity index (χ3n) is 3.41. The van der Waals surface area contributed by atoms with Crippen LogP contribution in [0.25, 0.3) is 22.6 Å². The van der Waals surface area contributed by atoms with Crippen molar-refractivity contribution in [1.82, 2.24) is 5.16 Å². The van der Waals surface area contributed by atoms with Crippen LogP contribution in [0, 0.1) is 12.7 Å². The van der Waals surface area contributed by atoms with Crippen LogP contribution in [0.1, 0.15) is 11.1 Å². The van der Waals surface area contributed by atoms with Gasteiger partial charge >= 0.3 is 0 Å². The van der Waals surface area contributed by atoms with Crippen molar-refractivity contribution >= 4 is 11.6 Å². The van der Waals surface area contributed by atoms with Crippen molar-refractivity contribution in [2.45, 2.75) is 13.5 Å². The quantitative estimate of drug-likeness (QED) is 0.767. The van der Waals surface area contributed by atoms with Gasteiger partial charge in [0.05, 0.1) is 17.2 Å². The molecule has 0 aliphatic rings. The topological polar surface area (TPSA) is 46.3 Å². The van der Waals surface area contributed by atoms with Gasteiger partial charge in [-0.2, -0.15) is 0 Å². The molecule has 3 aromatic rings. The van der Waals surface area contributed by atoms with Crippen LogP contribution in [0.3, 0.4) is 0 Å². The van der Waals surface area contributed by atoms with E-state index in [1.807, 2.05) is 31.2 Å². The summed E-state index contributed by atoms with van der Waals surface area (Å²) < 4.78 is 18.9. The fourth-order valence-electron chi connectivity index (χ4n) is 2.36. The molecule has 3 nitrogen and oxygen atoms in total. The van der Waals surface area contributed by atoms with Gasteiger partial charge in [0.15, 0.2) is 5.76 Å². The highest BCUT2D eigenvalue weighted by atomic mass is 35.5. The summed E-state index contributed by atoms with van der Waals surface area (Å²) in [5.74, 6) is 0.0323. The molecule has 0 saturated heterocycles. The zero-order valence-corrected chi connectivity index (χ0v) is 12.6. The maximum absolute atomic E-state index is 13.5. The maximum atomic E-state index is 13.5. The largest absolute Gasteiger partial charge is 0.391 e. The average molecular weight is 318 g/mol. The Morgan fingerprint density at radius 3 is 2.77 bits per heavy atom. The van der Waals surface area contributed by atoms with Gasteiger partial charge in [-0.25, -0.2) is 4.39 Å². The summed E-state index contributed by atoms with van der Waals surface area (Å²) in [7, 11) is 0. The lowest BCUT2D eigenvalue weighted by molar-refractivity contribution is 0.281. The standard InChI is InChI=1S/C17H13ClFNO2/c1-10-3-2-4-11(7-10)17-14(9-21)16(20-22-17)13-8-12(19)5-6-15(13)18/h2-8,21H,9H2,1H3. The molecule has 2 aromatic carbocycles. The Hall–Kier alpha value is -2.17. The summed E-state index contributed by atoms with van der Waals surface area (Å²) >= 11 is 6.11. The smallest absolute Gasteiger partial charge is 0.173 e. The lowest BCUT2D eigenvalue weighted by Crippen LogP contribution is -1.91. The molecule has 1 heterocycles. The van der Waals surface area contributed by atoms with E-state index in [1.165, 1.54) is 18.2 Å². The molecule has 1 N–H and O–H groups in total. The first-order valence-corrected chi connectivity index (χ1v) is 7.10. The highest BCUT2D eigenvalue weighted by Crippen LogP contribution is 2.36. The second kappa shape index (κ2) is 5.91. The Bertz CT molecular complexity index is 829. The Labute approximate surface area is 132 Å². The fourth-order valence-corrected chi connectivity index (χ4v) is 2.57. The number of aliphatic hydroxyl groups excluding tert-OH is 1. The Balaban J connectivity index is 2.17. The van der Waals surface area contributed by atoms with Crippen LogP contribution in [-0.4, -0.2) is 10.3 Å². The monoisotopic (exact) mass is 317 g/mol.